The molecule has 0 aliphatic carbocycles. The molecule has 54 valence electrons. The Morgan fingerprint density at radius 3 is 3.00 bits per heavy atom. The number of aliphatic hydroxyl groups is 1. The second-order valence-corrected chi connectivity index (χ2v) is 2.54. The van der Waals surface area contributed by atoms with Crippen molar-refractivity contribution in [2.24, 2.45) is 0 Å². The molecule has 0 unspecified atom stereocenters. The van der Waals surface area contributed by atoms with E-state index in [4.69, 9.17) is 5.11 Å². The van der Waals surface area contributed by atoms with Crippen molar-refractivity contribution in [2.45, 2.75) is 11.4 Å². The van der Waals surface area contributed by atoms with Gasteiger partial charge in [-0.05, 0) is 6.07 Å². The van der Waals surface area contributed by atoms with E-state index in [1.54, 1.807) is 0 Å². The van der Waals surface area contributed by atoms with Gasteiger partial charge in [0.25, 0.3) is 0 Å². The van der Waals surface area contributed by atoms with Crippen LogP contribution in [0.4, 0.5) is 0 Å². The van der Waals surface area contributed by atoms with Crippen LogP contribution in [0.15, 0.2) is 29.4 Å². The minimum Gasteiger partial charge on any atom is -0.390 e. The van der Waals surface area contributed by atoms with E-state index in [2.05, 4.69) is 12.6 Å². The zero-order valence-corrected chi connectivity index (χ0v) is 6.46. The summed E-state index contributed by atoms with van der Waals surface area (Å²) in [7, 11) is 0. The number of hydrogen-bond donors (Lipinski definition) is 2. The molecule has 1 N–H and O–H groups in total. The number of thiol groups is 1. The minimum absolute atomic E-state index is 0.169. The lowest BCUT2D eigenvalue weighted by Crippen LogP contribution is -2.34. The van der Waals surface area contributed by atoms with Gasteiger partial charge >= 0.3 is 0 Å². The zero-order valence-electron chi connectivity index (χ0n) is 5.57. The Labute approximate surface area is 65.5 Å². The summed E-state index contributed by atoms with van der Waals surface area (Å²) in [6.07, 6.45) is 3.77. The summed E-state index contributed by atoms with van der Waals surface area (Å²) in [4.78, 5) is 0.913. The normalized spacial score (nSPS) is 9.80. The highest BCUT2D eigenvalue weighted by Gasteiger charge is 1.96. The SMILES string of the molecule is OCC[n+]1cccc(S)c1. The molecule has 0 bridgehead atoms. The first kappa shape index (κ1) is 7.57. The summed E-state index contributed by atoms with van der Waals surface area (Å²) in [5.41, 5.74) is 0. The number of aromatic nitrogens is 1. The van der Waals surface area contributed by atoms with Gasteiger partial charge in [-0.1, -0.05) is 0 Å². The molecule has 0 saturated carbocycles. The van der Waals surface area contributed by atoms with Gasteiger partial charge in [-0.25, -0.2) is 4.57 Å². The predicted molar refractivity (Wildman–Crippen MR) is 41.0 cm³/mol. The van der Waals surface area contributed by atoms with Crippen LogP contribution in [-0.4, -0.2) is 11.7 Å². The molecule has 0 saturated heterocycles. The Hall–Kier alpha value is -0.540. The summed E-state index contributed by atoms with van der Waals surface area (Å²) < 4.78 is 1.89. The van der Waals surface area contributed by atoms with Crippen molar-refractivity contribution in [1.29, 1.82) is 0 Å². The van der Waals surface area contributed by atoms with Crippen molar-refractivity contribution in [3.8, 4) is 0 Å². The minimum atomic E-state index is 0.169. The number of hydrogen-bond acceptors (Lipinski definition) is 2. The molecule has 2 nitrogen and oxygen atoms in total. The molecule has 10 heavy (non-hydrogen) atoms. The topological polar surface area (TPSA) is 24.1 Å². The van der Waals surface area contributed by atoms with Crippen molar-refractivity contribution in [3.05, 3.63) is 24.5 Å². The van der Waals surface area contributed by atoms with Gasteiger partial charge in [-0.15, -0.1) is 12.6 Å². The monoisotopic (exact) mass is 156 g/mol. The van der Waals surface area contributed by atoms with Gasteiger partial charge in [0.1, 0.15) is 6.61 Å². The second-order valence-electron chi connectivity index (χ2n) is 2.02. The second kappa shape index (κ2) is 3.58. The van der Waals surface area contributed by atoms with Gasteiger partial charge in [0.05, 0.1) is 4.90 Å². The highest BCUT2D eigenvalue weighted by atomic mass is 32.1. The van der Waals surface area contributed by atoms with Crippen molar-refractivity contribution < 1.29 is 9.67 Å². The standard InChI is InChI=1S/C7H9NOS/c9-5-4-8-3-1-2-7(10)6-8/h1-3,6,9H,4-5H2/p+1. The molecule has 0 amide bonds. The van der Waals surface area contributed by atoms with E-state index < -0.39 is 0 Å². The van der Waals surface area contributed by atoms with E-state index in [9.17, 15) is 0 Å². The van der Waals surface area contributed by atoms with E-state index in [1.165, 1.54) is 0 Å². The first-order valence-electron chi connectivity index (χ1n) is 3.12. The molecule has 0 aliphatic rings. The van der Waals surface area contributed by atoms with Crippen LogP contribution in [0.3, 0.4) is 0 Å². The Bertz CT molecular complexity index is 215. The number of pyridine rings is 1. The molecule has 3 heteroatoms. The van der Waals surface area contributed by atoms with Crippen LogP contribution in [0.2, 0.25) is 0 Å². The van der Waals surface area contributed by atoms with Gasteiger partial charge in [-0.3, -0.25) is 0 Å². The van der Waals surface area contributed by atoms with Crippen LogP contribution in [0.25, 0.3) is 0 Å². The quantitative estimate of drug-likeness (QED) is 0.465. The maximum atomic E-state index is 8.56. The smallest absolute Gasteiger partial charge is 0.182 e. The van der Waals surface area contributed by atoms with Crippen LogP contribution >= 0.6 is 12.6 Å². The van der Waals surface area contributed by atoms with Crippen LogP contribution in [0.1, 0.15) is 0 Å². The Morgan fingerprint density at radius 2 is 2.40 bits per heavy atom. The molecular formula is C7H10NOS+. The molecule has 0 radical (unpaired) electrons. The van der Waals surface area contributed by atoms with Crippen molar-refractivity contribution >= 4 is 12.6 Å². The number of nitrogens with zero attached hydrogens (tertiary/aromatic N) is 1. The maximum Gasteiger partial charge on any atom is 0.182 e. The van der Waals surface area contributed by atoms with E-state index in [0.717, 1.165) is 4.90 Å². The van der Waals surface area contributed by atoms with E-state index in [1.807, 2.05) is 29.1 Å². The van der Waals surface area contributed by atoms with Crippen LogP contribution in [-0.2, 0) is 6.54 Å². The highest BCUT2D eigenvalue weighted by Crippen LogP contribution is 1.97. The van der Waals surface area contributed by atoms with Crippen LogP contribution < -0.4 is 4.57 Å². The largest absolute Gasteiger partial charge is 0.390 e. The fourth-order valence-corrected chi connectivity index (χ4v) is 0.997. The number of aliphatic hydroxyl groups excluding tert-OH is 1. The molecule has 0 atom stereocenters. The van der Waals surface area contributed by atoms with Crippen molar-refractivity contribution in [1.82, 2.24) is 0 Å². The van der Waals surface area contributed by atoms with E-state index in [-0.39, 0.29) is 6.61 Å². The van der Waals surface area contributed by atoms with Crippen LogP contribution in [0, 0.1) is 0 Å². The molecule has 0 fully saturated rings. The Kier molecular flexibility index (Phi) is 2.71. The fourth-order valence-electron chi connectivity index (χ4n) is 0.763. The zero-order chi connectivity index (χ0) is 7.40. The summed E-state index contributed by atoms with van der Waals surface area (Å²) in [6, 6.07) is 3.80. The summed E-state index contributed by atoms with van der Waals surface area (Å²) in [5, 5.41) is 8.56. The summed E-state index contributed by atoms with van der Waals surface area (Å²) in [6.45, 7) is 0.802. The molecular weight excluding hydrogens is 146 g/mol. The molecule has 0 aliphatic heterocycles. The van der Waals surface area contributed by atoms with Gasteiger partial charge in [0.15, 0.2) is 18.9 Å². The summed E-state index contributed by atoms with van der Waals surface area (Å²) in [5.74, 6) is 0. The third-order valence-electron chi connectivity index (χ3n) is 1.20. The lowest BCUT2D eigenvalue weighted by Gasteiger charge is -1.92. The molecule has 0 aromatic carbocycles. The van der Waals surface area contributed by atoms with Gasteiger partial charge in [0.2, 0.25) is 0 Å². The molecule has 0 spiro atoms. The first-order valence-corrected chi connectivity index (χ1v) is 3.56. The van der Waals surface area contributed by atoms with Gasteiger partial charge in [0, 0.05) is 6.07 Å². The maximum absolute atomic E-state index is 8.56. The van der Waals surface area contributed by atoms with E-state index in [0.29, 0.717) is 6.54 Å². The third kappa shape index (κ3) is 2.01. The molecule has 1 aromatic heterocycles. The fraction of sp³-hybridized carbons (Fsp3) is 0.286. The van der Waals surface area contributed by atoms with Gasteiger partial charge < -0.3 is 5.11 Å². The summed E-state index contributed by atoms with van der Waals surface area (Å²) >= 11 is 4.14. The lowest BCUT2D eigenvalue weighted by molar-refractivity contribution is -0.699. The van der Waals surface area contributed by atoms with Gasteiger partial charge in [-0.2, -0.15) is 0 Å². The van der Waals surface area contributed by atoms with E-state index >= 15 is 0 Å². The lowest BCUT2D eigenvalue weighted by atomic mass is 10.5. The molecule has 1 heterocycles. The Balaban J connectivity index is 2.75. The van der Waals surface area contributed by atoms with Crippen molar-refractivity contribution in [2.75, 3.05) is 6.61 Å². The average molecular weight is 156 g/mol. The van der Waals surface area contributed by atoms with Crippen molar-refractivity contribution in [3.63, 3.8) is 0 Å². The number of rotatable bonds is 2. The third-order valence-corrected chi connectivity index (χ3v) is 1.47. The predicted octanol–water partition coefficient (Wildman–Crippen LogP) is 0.255. The average Bonchev–Trinajstić information content (AvgIpc) is 1.88. The molecule has 1 aromatic rings. The Morgan fingerprint density at radius 1 is 1.60 bits per heavy atom. The highest BCUT2D eigenvalue weighted by molar-refractivity contribution is 7.80. The van der Waals surface area contributed by atoms with Crippen LogP contribution in [0.5, 0.6) is 0 Å². The first-order chi connectivity index (χ1) is 4.83. The molecule has 1 rings (SSSR count).